The van der Waals surface area contributed by atoms with Gasteiger partial charge < -0.3 is 15.2 Å². The number of para-hydroxylation sites is 1. The summed E-state index contributed by atoms with van der Waals surface area (Å²) in [5.41, 5.74) is 7.05. The molecule has 3 heteroatoms. The Morgan fingerprint density at radius 1 is 1.21 bits per heavy atom. The second-order valence-electron chi connectivity index (χ2n) is 3.88. The summed E-state index contributed by atoms with van der Waals surface area (Å²) in [6, 6.07) is 6.36. The highest BCUT2D eigenvalue weighted by molar-refractivity contribution is 5.51. The maximum absolute atomic E-state index is 5.84. The summed E-state index contributed by atoms with van der Waals surface area (Å²) in [4.78, 5) is 0. The zero-order valence-electron chi connectivity index (χ0n) is 7.90. The normalized spacial score (nSPS) is 28.6. The summed E-state index contributed by atoms with van der Waals surface area (Å²) >= 11 is 0. The molecule has 0 amide bonds. The lowest BCUT2D eigenvalue weighted by Gasteiger charge is -2.20. The van der Waals surface area contributed by atoms with Crippen LogP contribution in [0.4, 0.5) is 0 Å². The smallest absolute Gasteiger partial charge is 0.164 e. The van der Waals surface area contributed by atoms with Gasteiger partial charge in [0, 0.05) is 17.5 Å². The van der Waals surface area contributed by atoms with Crippen LogP contribution in [-0.2, 0) is 0 Å². The largest absolute Gasteiger partial charge is 0.486 e. The Labute approximate surface area is 82.8 Å². The maximum Gasteiger partial charge on any atom is 0.164 e. The monoisotopic (exact) mass is 191 g/mol. The summed E-state index contributed by atoms with van der Waals surface area (Å²) in [5.74, 6) is 2.26. The summed E-state index contributed by atoms with van der Waals surface area (Å²) in [6.07, 6.45) is 1.07. The van der Waals surface area contributed by atoms with Crippen molar-refractivity contribution in [2.45, 2.75) is 18.4 Å². The van der Waals surface area contributed by atoms with Crippen LogP contribution in [0.15, 0.2) is 18.2 Å². The zero-order chi connectivity index (χ0) is 9.54. The fourth-order valence-corrected chi connectivity index (χ4v) is 1.96. The van der Waals surface area contributed by atoms with Crippen molar-refractivity contribution < 1.29 is 9.47 Å². The molecule has 0 spiro atoms. The number of benzene rings is 1. The van der Waals surface area contributed by atoms with Crippen LogP contribution in [-0.4, -0.2) is 19.3 Å². The first-order valence-electron chi connectivity index (χ1n) is 5.00. The maximum atomic E-state index is 5.84. The van der Waals surface area contributed by atoms with E-state index in [4.69, 9.17) is 15.2 Å². The van der Waals surface area contributed by atoms with Gasteiger partial charge in [0.25, 0.3) is 0 Å². The van der Waals surface area contributed by atoms with Crippen LogP contribution in [0.2, 0.25) is 0 Å². The van der Waals surface area contributed by atoms with Crippen molar-refractivity contribution in [3.05, 3.63) is 23.8 Å². The predicted octanol–water partition coefficient (Wildman–Crippen LogP) is 1.27. The molecule has 0 bridgehead atoms. The standard InChI is InChI=1S/C11H13NO2/c12-9-6-8(9)7-2-1-3-10-11(7)14-5-4-13-10/h1-3,8-9H,4-6,12H2/t8-,9+/m0/s1. The third-order valence-corrected chi connectivity index (χ3v) is 2.84. The number of fused-ring (bicyclic) bond motifs is 1. The molecule has 14 heavy (non-hydrogen) atoms. The zero-order valence-corrected chi connectivity index (χ0v) is 7.90. The van der Waals surface area contributed by atoms with E-state index in [-0.39, 0.29) is 0 Å². The lowest BCUT2D eigenvalue weighted by Crippen LogP contribution is -2.16. The van der Waals surface area contributed by atoms with Gasteiger partial charge in [0.1, 0.15) is 13.2 Å². The molecule has 1 heterocycles. The molecule has 0 aromatic heterocycles. The summed E-state index contributed by atoms with van der Waals surface area (Å²) in [5, 5.41) is 0. The van der Waals surface area contributed by atoms with E-state index < -0.39 is 0 Å². The molecule has 0 unspecified atom stereocenters. The SMILES string of the molecule is N[C@@H]1C[C@H]1c1cccc2c1OCCO2. The van der Waals surface area contributed by atoms with Crippen LogP contribution in [0.3, 0.4) is 0 Å². The van der Waals surface area contributed by atoms with Gasteiger partial charge in [0.15, 0.2) is 11.5 Å². The second-order valence-corrected chi connectivity index (χ2v) is 3.88. The highest BCUT2D eigenvalue weighted by Gasteiger charge is 2.38. The van der Waals surface area contributed by atoms with E-state index in [2.05, 4.69) is 6.07 Å². The van der Waals surface area contributed by atoms with Crippen molar-refractivity contribution in [1.82, 2.24) is 0 Å². The Morgan fingerprint density at radius 3 is 2.79 bits per heavy atom. The lowest BCUT2D eigenvalue weighted by molar-refractivity contribution is 0.170. The van der Waals surface area contributed by atoms with E-state index in [0.717, 1.165) is 17.9 Å². The van der Waals surface area contributed by atoms with Crippen molar-refractivity contribution in [2.24, 2.45) is 5.73 Å². The fourth-order valence-electron chi connectivity index (χ4n) is 1.96. The van der Waals surface area contributed by atoms with Crippen molar-refractivity contribution in [2.75, 3.05) is 13.2 Å². The van der Waals surface area contributed by atoms with Gasteiger partial charge in [-0.15, -0.1) is 0 Å². The van der Waals surface area contributed by atoms with E-state index in [1.807, 2.05) is 12.1 Å². The van der Waals surface area contributed by atoms with Crippen molar-refractivity contribution in [1.29, 1.82) is 0 Å². The molecule has 2 aliphatic rings. The number of ether oxygens (including phenoxy) is 2. The van der Waals surface area contributed by atoms with E-state index in [0.29, 0.717) is 25.2 Å². The predicted molar refractivity (Wildman–Crippen MR) is 52.8 cm³/mol. The first-order chi connectivity index (χ1) is 6.86. The average molecular weight is 191 g/mol. The first kappa shape index (κ1) is 8.12. The second kappa shape index (κ2) is 2.89. The van der Waals surface area contributed by atoms with Gasteiger partial charge in [0.2, 0.25) is 0 Å². The Hall–Kier alpha value is -1.22. The molecule has 1 saturated carbocycles. The third-order valence-electron chi connectivity index (χ3n) is 2.84. The van der Waals surface area contributed by atoms with Gasteiger partial charge in [-0.1, -0.05) is 12.1 Å². The molecular formula is C11H13NO2. The number of nitrogens with two attached hydrogens (primary N) is 1. The van der Waals surface area contributed by atoms with Crippen LogP contribution in [0, 0.1) is 0 Å². The minimum atomic E-state index is 0.312. The lowest BCUT2D eigenvalue weighted by atomic mass is 10.1. The third kappa shape index (κ3) is 1.16. The summed E-state index contributed by atoms with van der Waals surface area (Å²) in [7, 11) is 0. The molecule has 3 rings (SSSR count). The minimum Gasteiger partial charge on any atom is -0.486 e. The van der Waals surface area contributed by atoms with Crippen LogP contribution in [0.1, 0.15) is 17.9 Å². The van der Waals surface area contributed by atoms with Crippen LogP contribution >= 0.6 is 0 Å². The highest BCUT2D eigenvalue weighted by atomic mass is 16.6. The molecule has 1 fully saturated rings. The molecule has 1 aliphatic heterocycles. The van der Waals surface area contributed by atoms with Crippen LogP contribution in [0.25, 0.3) is 0 Å². The van der Waals surface area contributed by atoms with Gasteiger partial charge >= 0.3 is 0 Å². The Morgan fingerprint density at radius 2 is 2.00 bits per heavy atom. The topological polar surface area (TPSA) is 44.5 Å². The quantitative estimate of drug-likeness (QED) is 0.727. The first-order valence-corrected chi connectivity index (χ1v) is 5.00. The van der Waals surface area contributed by atoms with Crippen LogP contribution in [0.5, 0.6) is 11.5 Å². The molecule has 1 aromatic rings. The van der Waals surface area contributed by atoms with Gasteiger partial charge in [-0.3, -0.25) is 0 Å². The number of hydrogen-bond acceptors (Lipinski definition) is 3. The summed E-state index contributed by atoms with van der Waals surface area (Å²) < 4.78 is 11.1. The number of rotatable bonds is 1. The molecule has 0 saturated heterocycles. The van der Waals surface area contributed by atoms with Gasteiger partial charge in [-0.05, 0) is 12.5 Å². The Kier molecular flexibility index (Phi) is 1.67. The Bertz CT molecular complexity index is 364. The van der Waals surface area contributed by atoms with Gasteiger partial charge in [0.05, 0.1) is 0 Å². The van der Waals surface area contributed by atoms with Crippen molar-refractivity contribution in [3.8, 4) is 11.5 Å². The van der Waals surface area contributed by atoms with E-state index >= 15 is 0 Å². The van der Waals surface area contributed by atoms with E-state index in [1.165, 1.54) is 5.56 Å². The number of hydrogen-bond donors (Lipinski definition) is 1. The Balaban J connectivity index is 2.02. The molecule has 2 N–H and O–H groups in total. The fraction of sp³-hybridized carbons (Fsp3) is 0.455. The van der Waals surface area contributed by atoms with Crippen molar-refractivity contribution in [3.63, 3.8) is 0 Å². The molecule has 1 aliphatic carbocycles. The van der Waals surface area contributed by atoms with Crippen molar-refractivity contribution >= 4 is 0 Å². The highest BCUT2D eigenvalue weighted by Crippen LogP contribution is 2.47. The molecular weight excluding hydrogens is 178 g/mol. The molecule has 74 valence electrons. The van der Waals surface area contributed by atoms with Crippen LogP contribution < -0.4 is 15.2 Å². The molecule has 0 radical (unpaired) electrons. The van der Waals surface area contributed by atoms with Gasteiger partial charge in [-0.2, -0.15) is 0 Å². The summed E-state index contributed by atoms with van der Waals surface area (Å²) in [6.45, 7) is 1.29. The van der Waals surface area contributed by atoms with E-state index in [1.54, 1.807) is 0 Å². The average Bonchev–Trinajstić information content (AvgIpc) is 2.95. The van der Waals surface area contributed by atoms with E-state index in [9.17, 15) is 0 Å². The molecule has 1 aromatic carbocycles. The van der Waals surface area contributed by atoms with Gasteiger partial charge in [-0.25, -0.2) is 0 Å². The molecule has 2 atom stereocenters. The molecule has 3 nitrogen and oxygen atoms in total. The minimum absolute atomic E-state index is 0.312.